The predicted octanol–water partition coefficient (Wildman–Crippen LogP) is 2.35. The fourth-order valence-electron chi connectivity index (χ4n) is 2.28. The van der Waals surface area contributed by atoms with Crippen LogP contribution in [0.3, 0.4) is 0 Å². The molecule has 24 heavy (non-hydrogen) atoms. The van der Waals surface area contributed by atoms with Gasteiger partial charge in [-0.05, 0) is 36.5 Å². The summed E-state index contributed by atoms with van der Waals surface area (Å²) in [5.41, 5.74) is 6.81. The number of nitrogens with zero attached hydrogens (tertiary/aromatic N) is 1. The van der Waals surface area contributed by atoms with Gasteiger partial charge in [0.25, 0.3) is 0 Å². The van der Waals surface area contributed by atoms with E-state index < -0.39 is 6.04 Å². The van der Waals surface area contributed by atoms with Crippen LogP contribution in [0.5, 0.6) is 0 Å². The van der Waals surface area contributed by atoms with Crippen LogP contribution < -0.4 is 11.1 Å². The average molecular weight is 374 g/mol. The second-order valence-electron chi connectivity index (χ2n) is 6.37. The Kier molecular flexibility index (Phi) is 8.00. The molecule has 5 nitrogen and oxygen atoms in total. The first-order valence-electron chi connectivity index (χ1n) is 7.95. The van der Waals surface area contributed by atoms with Gasteiger partial charge in [-0.1, -0.05) is 37.6 Å². The summed E-state index contributed by atoms with van der Waals surface area (Å²) < 4.78 is 0. The van der Waals surface area contributed by atoms with Crippen LogP contribution in [0.1, 0.15) is 32.3 Å². The molecule has 7 heteroatoms. The Labute approximate surface area is 154 Å². The summed E-state index contributed by atoms with van der Waals surface area (Å²) in [6, 6.07) is 7.14. The summed E-state index contributed by atoms with van der Waals surface area (Å²) in [7, 11) is 0. The summed E-state index contributed by atoms with van der Waals surface area (Å²) in [4.78, 5) is 26.1. The molecule has 1 saturated carbocycles. The molecule has 2 amide bonds. The predicted molar refractivity (Wildman–Crippen MR) is 98.1 cm³/mol. The molecule has 2 rings (SSSR count). The number of amides is 2. The van der Waals surface area contributed by atoms with E-state index in [9.17, 15) is 9.59 Å². The zero-order valence-electron chi connectivity index (χ0n) is 14.0. The van der Waals surface area contributed by atoms with Gasteiger partial charge in [0.15, 0.2) is 0 Å². The molecule has 0 aromatic heterocycles. The normalized spacial score (nSPS) is 14.7. The number of rotatable bonds is 7. The van der Waals surface area contributed by atoms with Gasteiger partial charge >= 0.3 is 0 Å². The van der Waals surface area contributed by atoms with E-state index in [4.69, 9.17) is 17.3 Å². The molecule has 134 valence electrons. The standard InChI is InChI=1S/C17H24ClN3O2.ClH/c1-11(2)16(19)17(23)20-9-15(22)21(14-7-8-14)10-12-3-5-13(18)6-4-12;/h3-6,11,14,16H,7-10,19H2,1-2H3,(H,20,23);1H/t16-;/m0./s1. The first-order chi connectivity index (χ1) is 10.9. The van der Waals surface area contributed by atoms with Gasteiger partial charge in [0.2, 0.25) is 11.8 Å². The van der Waals surface area contributed by atoms with E-state index in [2.05, 4.69) is 5.32 Å². The maximum atomic E-state index is 12.4. The summed E-state index contributed by atoms with van der Waals surface area (Å²) in [5.74, 6) is -0.318. The van der Waals surface area contributed by atoms with Gasteiger partial charge in [-0.3, -0.25) is 9.59 Å². The quantitative estimate of drug-likeness (QED) is 0.769. The smallest absolute Gasteiger partial charge is 0.242 e. The molecule has 0 spiro atoms. The summed E-state index contributed by atoms with van der Waals surface area (Å²) >= 11 is 5.89. The zero-order chi connectivity index (χ0) is 17.0. The van der Waals surface area contributed by atoms with Gasteiger partial charge < -0.3 is 16.0 Å². The molecule has 1 aromatic rings. The lowest BCUT2D eigenvalue weighted by atomic mass is 10.1. The Morgan fingerprint density at radius 3 is 2.38 bits per heavy atom. The maximum absolute atomic E-state index is 12.4. The molecule has 1 aliphatic rings. The van der Waals surface area contributed by atoms with Gasteiger partial charge in [-0.15, -0.1) is 12.4 Å². The molecule has 1 aliphatic carbocycles. The second kappa shape index (κ2) is 9.25. The number of carbonyl (C=O) groups is 2. The number of benzene rings is 1. The summed E-state index contributed by atoms with van der Waals surface area (Å²) in [6.07, 6.45) is 2.03. The van der Waals surface area contributed by atoms with Crippen molar-refractivity contribution >= 4 is 35.8 Å². The number of nitrogens with two attached hydrogens (primary N) is 1. The third kappa shape index (κ3) is 5.96. The molecule has 3 N–H and O–H groups in total. The van der Waals surface area contributed by atoms with Gasteiger partial charge in [-0.25, -0.2) is 0 Å². The van der Waals surface area contributed by atoms with Gasteiger partial charge in [0.1, 0.15) is 0 Å². The fraction of sp³-hybridized carbons (Fsp3) is 0.529. The first-order valence-corrected chi connectivity index (χ1v) is 8.33. The van der Waals surface area contributed by atoms with Crippen LogP contribution >= 0.6 is 24.0 Å². The molecule has 0 radical (unpaired) electrons. The summed E-state index contributed by atoms with van der Waals surface area (Å²) in [5, 5.41) is 3.32. The van der Waals surface area contributed by atoms with Crippen LogP contribution in [0.25, 0.3) is 0 Å². The van der Waals surface area contributed by atoms with E-state index in [0.29, 0.717) is 11.6 Å². The molecule has 0 saturated heterocycles. The number of hydrogen-bond donors (Lipinski definition) is 2. The first kappa shape index (κ1) is 20.7. The number of hydrogen-bond acceptors (Lipinski definition) is 3. The molecular formula is C17H25Cl2N3O2. The number of halogens is 2. The fourth-order valence-corrected chi connectivity index (χ4v) is 2.40. The molecule has 0 unspecified atom stereocenters. The van der Waals surface area contributed by atoms with Crippen molar-refractivity contribution in [3.05, 3.63) is 34.9 Å². The van der Waals surface area contributed by atoms with Gasteiger partial charge in [0, 0.05) is 17.6 Å². The van der Waals surface area contributed by atoms with E-state index >= 15 is 0 Å². The Balaban J connectivity index is 0.00000288. The lowest BCUT2D eigenvalue weighted by molar-refractivity contribution is -0.134. The minimum atomic E-state index is -0.589. The molecule has 0 bridgehead atoms. The van der Waals surface area contributed by atoms with Crippen LogP contribution in [-0.4, -0.2) is 35.3 Å². The van der Waals surface area contributed by atoms with Crippen molar-refractivity contribution in [3.63, 3.8) is 0 Å². The molecule has 0 heterocycles. The number of nitrogens with one attached hydrogen (secondary N) is 1. The number of carbonyl (C=O) groups excluding carboxylic acids is 2. The van der Waals surface area contributed by atoms with Crippen LogP contribution in [0.15, 0.2) is 24.3 Å². The highest BCUT2D eigenvalue weighted by Crippen LogP contribution is 2.28. The third-order valence-electron chi connectivity index (χ3n) is 4.01. The van der Waals surface area contributed by atoms with Crippen molar-refractivity contribution in [3.8, 4) is 0 Å². The average Bonchev–Trinajstić information content (AvgIpc) is 3.35. The SMILES string of the molecule is CC(C)[C@H](N)C(=O)NCC(=O)N(Cc1ccc(Cl)cc1)C1CC1.Cl. The molecular weight excluding hydrogens is 349 g/mol. The van der Waals surface area contributed by atoms with Gasteiger partial charge in [0.05, 0.1) is 12.6 Å². The zero-order valence-corrected chi connectivity index (χ0v) is 15.6. The lowest BCUT2D eigenvalue weighted by Crippen LogP contribution is -2.48. The highest BCUT2D eigenvalue weighted by Gasteiger charge is 2.32. The van der Waals surface area contributed by atoms with E-state index in [-0.39, 0.29) is 42.7 Å². The minimum absolute atomic E-state index is 0. The largest absolute Gasteiger partial charge is 0.346 e. The third-order valence-corrected chi connectivity index (χ3v) is 4.26. The van der Waals surface area contributed by atoms with E-state index in [1.807, 2.05) is 43.0 Å². The van der Waals surface area contributed by atoms with E-state index in [1.165, 1.54) is 0 Å². The second-order valence-corrected chi connectivity index (χ2v) is 6.80. The Morgan fingerprint density at radius 2 is 1.88 bits per heavy atom. The molecule has 1 fully saturated rings. The van der Waals surface area contributed by atoms with Gasteiger partial charge in [-0.2, -0.15) is 0 Å². The van der Waals surface area contributed by atoms with Crippen molar-refractivity contribution in [1.82, 2.24) is 10.2 Å². The summed E-state index contributed by atoms with van der Waals surface area (Å²) in [6.45, 7) is 4.28. The van der Waals surface area contributed by atoms with Crippen LogP contribution in [0, 0.1) is 5.92 Å². The highest BCUT2D eigenvalue weighted by molar-refractivity contribution is 6.30. The minimum Gasteiger partial charge on any atom is -0.346 e. The molecule has 1 atom stereocenters. The van der Waals surface area contributed by atoms with Crippen molar-refractivity contribution in [2.24, 2.45) is 11.7 Å². The van der Waals surface area contributed by atoms with E-state index in [1.54, 1.807) is 0 Å². The Hall–Kier alpha value is -1.30. The topological polar surface area (TPSA) is 75.4 Å². The molecule has 1 aromatic carbocycles. The lowest BCUT2D eigenvalue weighted by Gasteiger charge is -2.23. The van der Waals surface area contributed by atoms with Crippen molar-refractivity contribution in [2.45, 2.75) is 45.3 Å². The monoisotopic (exact) mass is 373 g/mol. The Morgan fingerprint density at radius 1 is 1.29 bits per heavy atom. The maximum Gasteiger partial charge on any atom is 0.242 e. The van der Waals surface area contributed by atoms with Crippen LogP contribution in [-0.2, 0) is 16.1 Å². The van der Waals surface area contributed by atoms with Crippen LogP contribution in [0.4, 0.5) is 0 Å². The van der Waals surface area contributed by atoms with Crippen molar-refractivity contribution in [2.75, 3.05) is 6.54 Å². The van der Waals surface area contributed by atoms with E-state index in [0.717, 1.165) is 18.4 Å². The van der Waals surface area contributed by atoms with Crippen molar-refractivity contribution in [1.29, 1.82) is 0 Å². The van der Waals surface area contributed by atoms with Crippen LogP contribution in [0.2, 0.25) is 5.02 Å². The van der Waals surface area contributed by atoms with Crippen molar-refractivity contribution < 1.29 is 9.59 Å². The molecule has 0 aliphatic heterocycles. The Bertz CT molecular complexity index is 559. The highest BCUT2D eigenvalue weighted by atomic mass is 35.5.